The Morgan fingerprint density at radius 1 is 1.50 bits per heavy atom. The zero-order valence-corrected chi connectivity index (χ0v) is 10.2. The standard InChI is InChI=1S/C13H23NO2/c1-2-10-4-3-5-11(8-10)13(12(15)16)6-7-14-9-13/h10-11,14H,2-9H2,1H3,(H,15,16). The lowest BCUT2D eigenvalue weighted by molar-refractivity contribution is -0.152. The fourth-order valence-electron chi connectivity index (χ4n) is 3.58. The van der Waals surface area contributed by atoms with Crippen LogP contribution in [0, 0.1) is 17.3 Å². The van der Waals surface area contributed by atoms with Gasteiger partial charge in [0.25, 0.3) is 0 Å². The molecule has 0 aromatic heterocycles. The van der Waals surface area contributed by atoms with Crippen LogP contribution in [-0.2, 0) is 4.79 Å². The van der Waals surface area contributed by atoms with Gasteiger partial charge < -0.3 is 10.4 Å². The van der Waals surface area contributed by atoms with Crippen molar-refractivity contribution in [3.8, 4) is 0 Å². The minimum atomic E-state index is -0.570. The summed E-state index contributed by atoms with van der Waals surface area (Å²) in [4.78, 5) is 11.6. The van der Waals surface area contributed by atoms with Gasteiger partial charge in [-0.3, -0.25) is 4.79 Å². The van der Waals surface area contributed by atoms with Gasteiger partial charge in [-0.1, -0.05) is 26.2 Å². The highest BCUT2D eigenvalue weighted by atomic mass is 16.4. The van der Waals surface area contributed by atoms with Crippen LogP contribution in [0.25, 0.3) is 0 Å². The van der Waals surface area contributed by atoms with Crippen LogP contribution < -0.4 is 5.32 Å². The van der Waals surface area contributed by atoms with E-state index in [2.05, 4.69) is 12.2 Å². The molecule has 3 atom stereocenters. The minimum absolute atomic E-state index is 0.402. The molecule has 16 heavy (non-hydrogen) atoms. The van der Waals surface area contributed by atoms with Crippen molar-refractivity contribution in [2.75, 3.05) is 13.1 Å². The molecule has 1 aliphatic carbocycles. The van der Waals surface area contributed by atoms with Gasteiger partial charge in [0.15, 0.2) is 0 Å². The number of carboxylic acids is 1. The molecule has 2 fully saturated rings. The zero-order valence-electron chi connectivity index (χ0n) is 10.2. The summed E-state index contributed by atoms with van der Waals surface area (Å²) in [6.45, 7) is 3.79. The second kappa shape index (κ2) is 4.74. The van der Waals surface area contributed by atoms with Crippen LogP contribution in [0.5, 0.6) is 0 Å². The molecule has 3 unspecified atom stereocenters. The predicted molar refractivity (Wildman–Crippen MR) is 63.3 cm³/mol. The van der Waals surface area contributed by atoms with Gasteiger partial charge in [-0.15, -0.1) is 0 Å². The summed E-state index contributed by atoms with van der Waals surface area (Å²) in [5, 5.41) is 12.8. The van der Waals surface area contributed by atoms with Crippen LogP contribution >= 0.6 is 0 Å². The topological polar surface area (TPSA) is 49.3 Å². The Bertz CT molecular complexity index is 259. The van der Waals surface area contributed by atoms with Crippen molar-refractivity contribution >= 4 is 5.97 Å². The van der Waals surface area contributed by atoms with Crippen LogP contribution in [0.15, 0.2) is 0 Å². The Morgan fingerprint density at radius 2 is 2.31 bits per heavy atom. The zero-order chi connectivity index (χ0) is 11.6. The fourth-order valence-corrected chi connectivity index (χ4v) is 3.58. The van der Waals surface area contributed by atoms with Gasteiger partial charge in [0.2, 0.25) is 0 Å². The monoisotopic (exact) mass is 225 g/mol. The summed E-state index contributed by atoms with van der Waals surface area (Å²) in [6.07, 6.45) is 6.80. The Kier molecular flexibility index (Phi) is 3.53. The van der Waals surface area contributed by atoms with Crippen molar-refractivity contribution in [1.29, 1.82) is 0 Å². The Morgan fingerprint density at radius 3 is 2.88 bits per heavy atom. The van der Waals surface area contributed by atoms with Crippen molar-refractivity contribution in [2.24, 2.45) is 17.3 Å². The second-order valence-corrected chi connectivity index (χ2v) is 5.53. The molecule has 1 saturated carbocycles. The number of carboxylic acid groups (broad SMARTS) is 1. The summed E-state index contributed by atoms with van der Waals surface area (Å²) >= 11 is 0. The summed E-state index contributed by atoms with van der Waals surface area (Å²) in [7, 11) is 0. The summed E-state index contributed by atoms with van der Waals surface area (Å²) < 4.78 is 0. The maximum Gasteiger partial charge on any atom is 0.311 e. The number of aliphatic carboxylic acids is 1. The van der Waals surface area contributed by atoms with Gasteiger partial charge >= 0.3 is 5.97 Å². The molecule has 0 radical (unpaired) electrons. The molecule has 0 spiro atoms. The molecule has 0 aromatic rings. The second-order valence-electron chi connectivity index (χ2n) is 5.53. The number of hydrogen-bond donors (Lipinski definition) is 2. The van der Waals surface area contributed by atoms with Crippen LogP contribution in [0.4, 0.5) is 0 Å². The van der Waals surface area contributed by atoms with E-state index in [1.807, 2.05) is 0 Å². The molecule has 1 aliphatic heterocycles. The van der Waals surface area contributed by atoms with Crippen LogP contribution in [-0.4, -0.2) is 24.2 Å². The molecule has 92 valence electrons. The maximum absolute atomic E-state index is 11.6. The Balaban J connectivity index is 2.11. The Hall–Kier alpha value is -0.570. The van der Waals surface area contributed by atoms with Gasteiger partial charge in [-0.05, 0) is 37.6 Å². The lowest BCUT2D eigenvalue weighted by atomic mass is 9.65. The molecule has 3 nitrogen and oxygen atoms in total. The maximum atomic E-state index is 11.6. The normalized spacial score (nSPS) is 39.8. The van der Waals surface area contributed by atoms with E-state index in [1.165, 1.54) is 19.3 Å². The Labute approximate surface area is 97.6 Å². The smallest absolute Gasteiger partial charge is 0.311 e. The average molecular weight is 225 g/mol. The number of hydrogen-bond acceptors (Lipinski definition) is 2. The van der Waals surface area contributed by atoms with Crippen molar-refractivity contribution in [3.63, 3.8) is 0 Å². The van der Waals surface area contributed by atoms with E-state index >= 15 is 0 Å². The van der Waals surface area contributed by atoms with E-state index in [0.717, 1.165) is 31.7 Å². The van der Waals surface area contributed by atoms with Crippen LogP contribution in [0.3, 0.4) is 0 Å². The van der Waals surface area contributed by atoms with E-state index in [4.69, 9.17) is 0 Å². The lowest BCUT2D eigenvalue weighted by Gasteiger charge is -2.38. The molecule has 1 heterocycles. The molecular formula is C13H23NO2. The third kappa shape index (κ3) is 1.97. The van der Waals surface area contributed by atoms with E-state index in [1.54, 1.807) is 0 Å². The highest BCUT2D eigenvalue weighted by molar-refractivity contribution is 5.76. The lowest BCUT2D eigenvalue weighted by Crippen LogP contribution is -2.42. The van der Waals surface area contributed by atoms with E-state index in [-0.39, 0.29) is 0 Å². The first-order valence-electron chi connectivity index (χ1n) is 6.63. The first-order chi connectivity index (χ1) is 7.69. The largest absolute Gasteiger partial charge is 0.481 e. The number of carbonyl (C=O) groups is 1. The predicted octanol–water partition coefficient (Wildman–Crippen LogP) is 2.27. The number of nitrogens with one attached hydrogen (secondary N) is 1. The van der Waals surface area contributed by atoms with Crippen molar-refractivity contribution in [3.05, 3.63) is 0 Å². The summed E-state index contributed by atoms with van der Waals surface area (Å²) in [6, 6.07) is 0. The SMILES string of the molecule is CCC1CCCC(C2(C(=O)O)CCNC2)C1. The van der Waals surface area contributed by atoms with Crippen molar-refractivity contribution in [2.45, 2.75) is 45.4 Å². The molecule has 0 aromatic carbocycles. The first kappa shape index (κ1) is 11.9. The molecule has 0 amide bonds. The molecule has 0 bridgehead atoms. The third-order valence-corrected chi connectivity index (χ3v) is 4.76. The summed E-state index contributed by atoms with van der Waals surface area (Å²) in [5.41, 5.74) is -0.451. The summed E-state index contributed by atoms with van der Waals surface area (Å²) in [5.74, 6) is 0.591. The van der Waals surface area contributed by atoms with Crippen LogP contribution in [0.2, 0.25) is 0 Å². The van der Waals surface area contributed by atoms with E-state index < -0.39 is 11.4 Å². The van der Waals surface area contributed by atoms with Gasteiger partial charge in [0.1, 0.15) is 0 Å². The van der Waals surface area contributed by atoms with Gasteiger partial charge in [-0.2, -0.15) is 0 Å². The molecule has 2 aliphatic rings. The molecule has 2 rings (SSSR count). The minimum Gasteiger partial charge on any atom is -0.481 e. The highest BCUT2D eigenvalue weighted by Gasteiger charge is 2.48. The average Bonchev–Trinajstić information content (AvgIpc) is 2.79. The van der Waals surface area contributed by atoms with Gasteiger partial charge in [0, 0.05) is 6.54 Å². The highest BCUT2D eigenvalue weighted by Crippen LogP contribution is 2.45. The van der Waals surface area contributed by atoms with Crippen molar-refractivity contribution in [1.82, 2.24) is 5.32 Å². The van der Waals surface area contributed by atoms with Crippen LogP contribution in [0.1, 0.15) is 45.4 Å². The van der Waals surface area contributed by atoms with Gasteiger partial charge in [-0.25, -0.2) is 0 Å². The first-order valence-corrected chi connectivity index (χ1v) is 6.63. The molecular weight excluding hydrogens is 202 g/mol. The number of rotatable bonds is 3. The third-order valence-electron chi connectivity index (χ3n) is 4.76. The quantitative estimate of drug-likeness (QED) is 0.774. The van der Waals surface area contributed by atoms with Crippen molar-refractivity contribution < 1.29 is 9.90 Å². The molecule has 1 saturated heterocycles. The van der Waals surface area contributed by atoms with E-state index in [9.17, 15) is 9.90 Å². The van der Waals surface area contributed by atoms with E-state index in [0.29, 0.717) is 12.5 Å². The fraction of sp³-hybridized carbons (Fsp3) is 0.923. The van der Waals surface area contributed by atoms with Gasteiger partial charge in [0.05, 0.1) is 5.41 Å². The molecule has 2 N–H and O–H groups in total. The molecule has 3 heteroatoms.